The van der Waals surface area contributed by atoms with E-state index in [9.17, 15) is 13.2 Å². The molecule has 1 N–H and O–H groups in total. The molecule has 1 unspecified atom stereocenters. The van der Waals surface area contributed by atoms with E-state index in [0.717, 1.165) is 17.6 Å². The van der Waals surface area contributed by atoms with Crippen LogP contribution in [0.5, 0.6) is 5.75 Å². The second-order valence-electron chi connectivity index (χ2n) is 5.51. The minimum Gasteiger partial charge on any atom is -0.497 e. The maximum atomic E-state index is 12.5. The van der Waals surface area contributed by atoms with E-state index < -0.39 is 9.84 Å². The van der Waals surface area contributed by atoms with Gasteiger partial charge in [-0.3, -0.25) is 4.79 Å². The number of carbonyl (C=O) groups excluding carboxylic acids is 1. The minimum absolute atomic E-state index is 0.132. The van der Waals surface area contributed by atoms with Crippen LogP contribution in [-0.4, -0.2) is 27.7 Å². The van der Waals surface area contributed by atoms with Gasteiger partial charge in [-0.2, -0.15) is 0 Å². The quantitative estimate of drug-likeness (QED) is 0.872. The van der Waals surface area contributed by atoms with E-state index >= 15 is 0 Å². The molecule has 0 fully saturated rings. The van der Waals surface area contributed by atoms with Gasteiger partial charge in [-0.05, 0) is 42.3 Å². The number of amides is 1. The largest absolute Gasteiger partial charge is 0.497 e. The first kappa shape index (κ1) is 18.0. The zero-order valence-corrected chi connectivity index (χ0v) is 14.8. The Morgan fingerprint density at radius 1 is 1.17 bits per heavy atom. The van der Waals surface area contributed by atoms with Crippen molar-refractivity contribution in [2.24, 2.45) is 0 Å². The lowest BCUT2D eigenvalue weighted by Gasteiger charge is -2.18. The van der Waals surface area contributed by atoms with Crippen LogP contribution < -0.4 is 10.1 Å². The van der Waals surface area contributed by atoms with Crippen molar-refractivity contribution in [3.63, 3.8) is 0 Å². The molecule has 5 nitrogen and oxygen atoms in total. The van der Waals surface area contributed by atoms with Gasteiger partial charge >= 0.3 is 0 Å². The van der Waals surface area contributed by atoms with Crippen LogP contribution in [0, 0.1) is 0 Å². The molecule has 0 bridgehead atoms. The number of ether oxygens (including phenoxy) is 1. The van der Waals surface area contributed by atoms with Gasteiger partial charge in [0.25, 0.3) is 5.91 Å². The van der Waals surface area contributed by atoms with E-state index in [2.05, 4.69) is 5.32 Å². The summed E-state index contributed by atoms with van der Waals surface area (Å²) in [6.45, 7) is 1.97. The number of hydrogen-bond acceptors (Lipinski definition) is 4. The van der Waals surface area contributed by atoms with Crippen molar-refractivity contribution in [2.45, 2.75) is 24.3 Å². The molecule has 6 heteroatoms. The summed E-state index contributed by atoms with van der Waals surface area (Å²) in [6, 6.07) is 13.4. The number of hydrogen-bond donors (Lipinski definition) is 1. The smallest absolute Gasteiger partial charge is 0.251 e. The Labute approximate surface area is 142 Å². The summed E-state index contributed by atoms with van der Waals surface area (Å²) in [4.78, 5) is 12.6. The Balaban J connectivity index is 2.20. The third kappa shape index (κ3) is 4.35. The summed E-state index contributed by atoms with van der Waals surface area (Å²) in [6.07, 6.45) is 1.83. The van der Waals surface area contributed by atoms with E-state index in [4.69, 9.17) is 4.74 Å². The monoisotopic (exact) mass is 347 g/mol. The van der Waals surface area contributed by atoms with Crippen molar-refractivity contribution in [2.75, 3.05) is 13.4 Å². The Morgan fingerprint density at radius 3 is 2.38 bits per heavy atom. The summed E-state index contributed by atoms with van der Waals surface area (Å²) >= 11 is 0. The topological polar surface area (TPSA) is 72.5 Å². The third-order valence-corrected chi connectivity index (χ3v) is 4.87. The normalized spacial score (nSPS) is 12.5. The third-order valence-electron chi connectivity index (χ3n) is 3.76. The molecule has 0 saturated carbocycles. The molecule has 0 aliphatic heterocycles. The zero-order chi connectivity index (χ0) is 17.7. The van der Waals surface area contributed by atoms with Gasteiger partial charge in [-0.25, -0.2) is 8.42 Å². The molecule has 2 aromatic rings. The molecule has 0 saturated heterocycles. The number of nitrogens with one attached hydrogen (secondary N) is 1. The first-order valence-corrected chi connectivity index (χ1v) is 9.49. The van der Waals surface area contributed by atoms with Gasteiger partial charge in [0.15, 0.2) is 9.84 Å². The van der Waals surface area contributed by atoms with E-state index in [0.29, 0.717) is 12.0 Å². The van der Waals surface area contributed by atoms with Gasteiger partial charge in [0, 0.05) is 11.8 Å². The number of rotatable bonds is 6. The van der Waals surface area contributed by atoms with Crippen molar-refractivity contribution < 1.29 is 17.9 Å². The SMILES string of the molecule is CCC(NC(=O)c1cccc(S(C)(=O)=O)c1)c1ccc(OC)cc1. The van der Waals surface area contributed by atoms with Crippen LogP contribution >= 0.6 is 0 Å². The highest BCUT2D eigenvalue weighted by Gasteiger charge is 2.16. The van der Waals surface area contributed by atoms with Crippen molar-refractivity contribution >= 4 is 15.7 Å². The zero-order valence-electron chi connectivity index (χ0n) is 13.9. The molecule has 128 valence electrons. The molecule has 0 heterocycles. The summed E-state index contributed by atoms with van der Waals surface area (Å²) in [7, 11) is -1.75. The fourth-order valence-corrected chi connectivity index (χ4v) is 3.03. The Kier molecular flexibility index (Phi) is 5.62. The lowest BCUT2D eigenvalue weighted by atomic mass is 10.0. The molecule has 0 spiro atoms. The fraction of sp³-hybridized carbons (Fsp3) is 0.278. The van der Waals surface area contributed by atoms with Crippen molar-refractivity contribution in [1.82, 2.24) is 5.32 Å². The molecule has 2 rings (SSSR count). The lowest BCUT2D eigenvalue weighted by Crippen LogP contribution is -2.28. The van der Waals surface area contributed by atoms with Gasteiger partial charge in [-0.15, -0.1) is 0 Å². The highest BCUT2D eigenvalue weighted by Crippen LogP contribution is 2.21. The van der Waals surface area contributed by atoms with E-state index in [-0.39, 0.29) is 16.8 Å². The summed E-state index contributed by atoms with van der Waals surface area (Å²) in [5.74, 6) is 0.448. The summed E-state index contributed by atoms with van der Waals surface area (Å²) in [5.41, 5.74) is 1.29. The molecular weight excluding hydrogens is 326 g/mol. The fourth-order valence-electron chi connectivity index (χ4n) is 2.37. The van der Waals surface area contributed by atoms with Crippen molar-refractivity contribution in [3.8, 4) is 5.75 Å². The van der Waals surface area contributed by atoms with Crippen LogP contribution in [-0.2, 0) is 9.84 Å². The average Bonchev–Trinajstić information content (AvgIpc) is 2.59. The van der Waals surface area contributed by atoms with Crippen LogP contribution in [0.25, 0.3) is 0 Å². The standard InChI is InChI=1S/C18H21NO4S/c1-4-17(13-8-10-15(23-2)11-9-13)19-18(20)14-6-5-7-16(12-14)24(3,21)22/h5-12,17H,4H2,1-3H3,(H,19,20). The Bertz CT molecular complexity index is 813. The van der Waals surface area contributed by atoms with Gasteiger partial charge < -0.3 is 10.1 Å². The molecule has 1 atom stereocenters. The Hall–Kier alpha value is -2.34. The Morgan fingerprint density at radius 2 is 1.83 bits per heavy atom. The van der Waals surface area contributed by atoms with Crippen LogP contribution in [0.4, 0.5) is 0 Å². The molecule has 2 aromatic carbocycles. The van der Waals surface area contributed by atoms with Gasteiger partial charge in [0.05, 0.1) is 18.0 Å². The second-order valence-corrected chi connectivity index (χ2v) is 7.52. The van der Waals surface area contributed by atoms with E-state index in [1.165, 1.54) is 12.1 Å². The van der Waals surface area contributed by atoms with E-state index in [1.807, 2.05) is 31.2 Å². The predicted molar refractivity (Wildman–Crippen MR) is 93.0 cm³/mol. The molecule has 0 aliphatic rings. The van der Waals surface area contributed by atoms with E-state index in [1.54, 1.807) is 19.2 Å². The van der Waals surface area contributed by atoms with Crippen molar-refractivity contribution in [3.05, 3.63) is 59.7 Å². The molecular formula is C18H21NO4S. The maximum absolute atomic E-state index is 12.5. The number of sulfone groups is 1. The summed E-state index contributed by atoms with van der Waals surface area (Å²) < 4.78 is 28.4. The molecule has 1 amide bonds. The summed E-state index contributed by atoms with van der Waals surface area (Å²) in [5, 5.41) is 2.94. The first-order valence-electron chi connectivity index (χ1n) is 7.60. The minimum atomic E-state index is -3.35. The van der Waals surface area contributed by atoms with Crippen molar-refractivity contribution in [1.29, 1.82) is 0 Å². The van der Waals surface area contributed by atoms with Gasteiger partial charge in [-0.1, -0.05) is 25.1 Å². The number of benzene rings is 2. The first-order chi connectivity index (χ1) is 11.3. The highest BCUT2D eigenvalue weighted by molar-refractivity contribution is 7.90. The molecule has 0 aliphatic carbocycles. The second kappa shape index (κ2) is 7.49. The number of methoxy groups -OCH3 is 1. The van der Waals surface area contributed by atoms with Gasteiger partial charge in [0.1, 0.15) is 5.75 Å². The predicted octanol–water partition coefficient (Wildman–Crippen LogP) is 2.98. The van der Waals surface area contributed by atoms with Crippen LogP contribution in [0.3, 0.4) is 0 Å². The maximum Gasteiger partial charge on any atom is 0.251 e. The lowest BCUT2D eigenvalue weighted by molar-refractivity contribution is 0.0935. The van der Waals surface area contributed by atoms with Crippen LogP contribution in [0.15, 0.2) is 53.4 Å². The molecule has 0 radical (unpaired) electrons. The molecule has 24 heavy (non-hydrogen) atoms. The highest BCUT2D eigenvalue weighted by atomic mass is 32.2. The molecule has 0 aromatic heterocycles. The van der Waals surface area contributed by atoms with Gasteiger partial charge in [0.2, 0.25) is 0 Å². The van der Waals surface area contributed by atoms with Crippen LogP contribution in [0.2, 0.25) is 0 Å². The number of carbonyl (C=O) groups is 1. The van der Waals surface area contributed by atoms with Crippen LogP contribution in [0.1, 0.15) is 35.3 Å². The average molecular weight is 347 g/mol.